The van der Waals surface area contributed by atoms with Crippen molar-refractivity contribution in [3.05, 3.63) is 29.6 Å². The van der Waals surface area contributed by atoms with Crippen LogP contribution in [0.3, 0.4) is 0 Å². The number of aromatic nitrogens is 2. The highest BCUT2D eigenvalue weighted by atomic mass is 16.5. The maximum Gasteiger partial charge on any atom is 0.253 e. The molecule has 16 heavy (non-hydrogen) atoms. The molecule has 5 heteroatoms. The SMILES string of the molecule is COCNC(=O)c1ccc2[nH]c(C)nc2c1. The van der Waals surface area contributed by atoms with Gasteiger partial charge in [0.1, 0.15) is 12.6 Å². The van der Waals surface area contributed by atoms with Gasteiger partial charge in [0.05, 0.1) is 11.0 Å². The molecular weight excluding hydrogens is 206 g/mol. The Morgan fingerprint density at radius 1 is 1.56 bits per heavy atom. The summed E-state index contributed by atoms with van der Waals surface area (Å²) in [5.74, 6) is 0.675. The number of methoxy groups -OCH3 is 1. The quantitative estimate of drug-likeness (QED) is 0.762. The number of hydrogen-bond acceptors (Lipinski definition) is 3. The summed E-state index contributed by atoms with van der Waals surface area (Å²) in [6.07, 6.45) is 0. The standard InChI is InChI=1S/C11H13N3O2/c1-7-13-9-4-3-8(5-10(9)14-7)11(15)12-6-16-2/h3-5H,6H2,1-2H3,(H,12,15)(H,13,14). The van der Waals surface area contributed by atoms with Crippen LogP contribution in [-0.4, -0.2) is 29.7 Å². The topological polar surface area (TPSA) is 67.0 Å². The maximum absolute atomic E-state index is 11.6. The van der Waals surface area contributed by atoms with Crippen LogP contribution in [0.5, 0.6) is 0 Å². The van der Waals surface area contributed by atoms with E-state index >= 15 is 0 Å². The van der Waals surface area contributed by atoms with Crippen molar-refractivity contribution in [2.24, 2.45) is 0 Å². The van der Waals surface area contributed by atoms with E-state index in [1.54, 1.807) is 12.1 Å². The fourth-order valence-electron chi connectivity index (χ4n) is 1.51. The minimum Gasteiger partial charge on any atom is -0.364 e. The summed E-state index contributed by atoms with van der Waals surface area (Å²) in [4.78, 5) is 19.0. The van der Waals surface area contributed by atoms with Gasteiger partial charge in [0.25, 0.3) is 5.91 Å². The van der Waals surface area contributed by atoms with Gasteiger partial charge in [0, 0.05) is 12.7 Å². The average molecular weight is 219 g/mol. The van der Waals surface area contributed by atoms with Crippen molar-refractivity contribution in [2.45, 2.75) is 6.92 Å². The third-order valence-electron chi connectivity index (χ3n) is 2.24. The zero-order valence-corrected chi connectivity index (χ0v) is 9.20. The average Bonchev–Trinajstić information content (AvgIpc) is 2.64. The number of aromatic amines is 1. The van der Waals surface area contributed by atoms with Crippen LogP contribution >= 0.6 is 0 Å². The van der Waals surface area contributed by atoms with E-state index in [2.05, 4.69) is 15.3 Å². The van der Waals surface area contributed by atoms with E-state index in [0.29, 0.717) is 5.56 Å². The molecule has 1 aromatic carbocycles. The van der Waals surface area contributed by atoms with Crippen molar-refractivity contribution < 1.29 is 9.53 Å². The molecule has 1 heterocycles. The molecule has 0 saturated heterocycles. The van der Waals surface area contributed by atoms with E-state index < -0.39 is 0 Å². The Hall–Kier alpha value is -1.88. The van der Waals surface area contributed by atoms with Crippen LogP contribution in [0, 0.1) is 6.92 Å². The highest BCUT2D eigenvalue weighted by molar-refractivity contribution is 5.97. The molecule has 0 radical (unpaired) electrons. The largest absolute Gasteiger partial charge is 0.364 e. The number of carbonyl (C=O) groups is 1. The highest BCUT2D eigenvalue weighted by Gasteiger charge is 2.07. The number of rotatable bonds is 3. The molecule has 0 aliphatic rings. The van der Waals surface area contributed by atoms with Gasteiger partial charge in [-0.2, -0.15) is 0 Å². The van der Waals surface area contributed by atoms with Gasteiger partial charge in [0.15, 0.2) is 0 Å². The van der Waals surface area contributed by atoms with Crippen LogP contribution in [0.1, 0.15) is 16.2 Å². The molecule has 0 fully saturated rings. The first-order valence-corrected chi connectivity index (χ1v) is 4.94. The monoisotopic (exact) mass is 219 g/mol. The molecule has 0 spiro atoms. The summed E-state index contributed by atoms with van der Waals surface area (Å²) in [5, 5.41) is 2.62. The van der Waals surface area contributed by atoms with Gasteiger partial charge in [-0.1, -0.05) is 0 Å². The Labute approximate surface area is 92.8 Å². The number of aryl methyl sites for hydroxylation is 1. The molecule has 2 N–H and O–H groups in total. The number of benzene rings is 1. The number of ether oxygens (including phenoxy) is 1. The van der Waals surface area contributed by atoms with Gasteiger partial charge in [-0.25, -0.2) is 4.98 Å². The summed E-state index contributed by atoms with van der Waals surface area (Å²) in [6, 6.07) is 5.35. The van der Waals surface area contributed by atoms with Gasteiger partial charge in [-0.05, 0) is 25.1 Å². The number of hydrogen-bond donors (Lipinski definition) is 2. The molecule has 0 unspecified atom stereocenters. The molecule has 1 amide bonds. The van der Waals surface area contributed by atoms with Crippen molar-refractivity contribution in [1.29, 1.82) is 0 Å². The molecule has 2 rings (SSSR count). The molecular formula is C11H13N3O2. The van der Waals surface area contributed by atoms with Crippen LogP contribution in [0.25, 0.3) is 11.0 Å². The third kappa shape index (κ3) is 2.04. The summed E-state index contributed by atoms with van der Waals surface area (Å²) in [5.41, 5.74) is 2.31. The zero-order valence-electron chi connectivity index (χ0n) is 9.20. The van der Waals surface area contributed by atoms with E-state index in [9.17, 15) is 4.79 Å². The fourth-order valence-corrected chi connectivity index (χ4v) is 1.51. The van der Waals surface area contributed by atoms with Crippen LogP contribution in [0.4, 0.5) is 0 Å². The second-order valence-corrected chi connectivity index (χ2v) is 3.49. The summed E-state index contributed by atoms with van der Waals surface area (Å²) in [7, 11) is 1.53. The number of fused-ring (bicyclic) bond motifs is 1. The lowest BCUT2D eigenvalue weighted by Gasteiger charge is -2.03. The third-order valence-corrected chi connectivity index (χ3v) is 2.24. The van der Waals surface area contributed by atoms with Gasteiger partial charge >= 0.3 is 0 Å². The second kappa shape index (κ2) is 4.32. The van der Waals surface area contributed by atoms with Crippen molar-refractivity contribution in [1.82, 2.24) is 15.3 Å². The number of nitrogens with zero attached hydrogens (tertiary/aromatic N) is 1. The smallest absolute Gasteiger partial charge is 0.253 e. The van der Waals surface area contributed by atoms with E-state index in [4.69, 9.17) is 4.74 Å². The minimum absolute atomic E-state index is 0.163. The van der Waals surface area contributed by atoms with E-state index in [1.165, 1.54) is 7.11 Å². The number of H-pyrrole nitrogens is 1. The van der Waals surface area contributed by atoms with Crippen LogP contribution in [-0.2, 0) is 4.74 Å². The van der Waals surface area contributed by atoms with Crippen LogP contribution < -0.4 is 5.32 Å². The molecule has 1 aromatic heterocycles. The zero-order chi connectivity index (χ0) is 11.5. The molecule has 5 nitrogen and oxygen atoms in total. The second-order valence-electron chi connectivity index (χ2n) is 3.49. The van der Waals surface area contributed by atoms with Crippen LogP contribution in [0.2, 0.25) is 0 Å². The minimum atomic E-state index is -0.163. The lowest BCUT2D eigenvalue weighted by atomic mass is 10.2. The number of amides is 1. The highest BCUT2D eigenvalue weighted by Crippen LogP contribution is 2.13. The Morgan fingerprint density at radius 3 is 3.12 bits per heavy atom. The lowest BCUT2D eigenvalue weighted by Crippen LogP contribution is -2.25. The van der Waals surface area contributed by atoms with Crippen molar-refractivity contribution in [3.8, 4) is 0 Å². The molecule has 0 aliphatic carbocycles. The van der Waals surface area contributed by atoms with Crippen LogP contribution in [0.15, 0.2) is 18.2 Å². The molecule has 0 saturated carbocycles. The summed E-state index contributed by atoms with van der Waals surface area (Å²) in [6.45, 7) is 2.08. The maximum atomic E-state index is 11.6. The Morgan fingerprint density at radius 2 is 2.38 bits per heavy atom. The Balaban J connectivity index is 2.28. The molecule has 84 valence electrons. The molecule has 2 aromatic rings. The lowest BCUT2D eigenvalue weighted by molar-refractivity contribution is 0.0872. The molecule has 0 aliphatic heterocycles. The van der Waals surface area contributed by atoms with Gasteiger partial charge in [0.2, 0.25) is 0 Å². The Kier molecular flexibility index (Phi) is 2.87. The number of nitrogens with one attached hydrogen (secondary N) is 2. The van der Waals surface area contributed by atoms with Crippen molar-refractivity contribution >= 4 is 16.9 Å². The van der Waals surface area contributed by atoms with E-state index in [-0.39, 0.29) is 12.6 Å². The first-order valence-electron chi connectivity index (χ1n) is 4.94. The van der Waals surface area contributed by atoms with Gasteiger partial charge in [-0.15, -0.1) is 0 Å². The predicted molar refractivity (Wildman–Crippen MR) is 60.2 cm³/mol. The Bertz CT molecular complexity index is 519. The fraction of sp³-hybridized carbons (Fsp3) is 0.273. The summed E-state index contributed by atoms with van der Waals surface area (Å²) < 4.78 is 4.77. The van der Waals surface area contributed by atoms with E-state index in [1.807, 2.05) is 13.0 Å². The number of carbonyl (C=O) groups excluding carboxylic acids is 1. The number of imidazole rings is 1. The molecule has 0 bridgehead atoms. The summed E-state index contributed by atoms with van der Waals surface area (Å²) >= 11 is 0. The predicted octanol–water partition coefficient (Wildman–Crippen LogP) is 1.21. The normalized spacial score (nSPS) is 10.6. The molecule has 0 atom stereocenters. The van der Waals surface area contributed by atoms with Gasteiger partial charge < -0.3 is 15.0 Å². The first kappa shape index (κ1) is 10.6. The van der Waals surface area contributed by atoms with E-state index in [0.717, 1.165) is 16.9 Å². The van der Waals surface area contributed by atoms with Crippen molar-refractivity contribution in [2.75, 3.05) is 13.8 Å². The van der Waals surface area contributed by atoms with Gasteiger partial charge in [-0.3, -0.25) is 4.79 Å². The van der Waals surface area contributed by atoms with Crippen molar-refractivity contribution in [3.63, 3.8) is 0 Å². The first-order chi connectivity index (χ1) is 7.70.